The standard InChI is InChI=1S/C12H22N2O3/c1-3-6-12(2,13)11(17)14-9-5-4-8(7-9)10(15)16/h8-9H,3-7,13H2,1-2H3,(H,14,17)(H,15,16). The van der Waals surface area contributed by atoms with Crippen LogP contribution in [0.15, 0.2) is 0 Å². The van der Waals surface area contributed by atoms with Gasteiger partial charge in [0, 0.05) is 6.04 Å². The summed E-state index contributed by atoms with van der Waals surface area (Å²) in [5.74, 6) is -1.27. The van der Waals surface area contributed by atoms with Gasteiger partial charge in [0.2, 0.25) is 5.91 Å². The highest BCUT2D eigenvalue weighted by atomic mass is 16.4. The van der Waals surface area contributed by atoms with Crippen molar-refractivity contribution in [3.63, 3.8) is 0 Å². The number of aliphatic carboxylic acids is 1. The molecule has 1 amide bonds. The van der Waals surface area contributed by atoms with Crippen LogP contribution in [0.5, 0.6) is 0 Å². The van der Waals surface area contributed by atoms with Crippen molar-refractivity contribution in [2.45, 2.75) is 57.5 Å². The van der Waals surface area contributed by atoms with Crippen LogP contribution in [0, 0.1) is 5.92 Å². The van der Waals surface area contributed by atoms with Crippen molar-refractivity contribution in [1.82, 2.24) is 5.32 Å². The third-order valence-electron chi connectivity index (χ3n) is 3.41. The van der Waals surface area contributed by atoms with E-state index in [1.54, 1.807) is 6.92 Å². The number of amides is 1. The first-order valence-corrected chi connectivity index (χ1v) is 6.19. The highest BCUT2D eigenvalue weighted by Crippen LogP contribution is 2.26. The van der Waals surface area contributed by atoms with Gasteiger partial charge in [-0.05, 0) is 32.6 Å². The van der Waals surface area contributed by atoms with Crippen LogP contribution in [0.3, 0.4) is 0 Å². The molecule has 0 aliphatic heterocycles. The molecule has 1 aliphatic rings. The molecule has 3 atom stereocenters. The number of nitrogens with two attached hydrogens (primary N) is 1. The van der Waals surface area contributed by atoms with Crippen LogP contribution in [0.1, 0.15) is 46.0 Å². The van der Waals surface area contributed by atoms with Crippen LogP contribution in [0.2, 0.25) is 0 Å². The molecule has 98 valence electrons. The summed E-state index contributed by atoms with van der Waals surface area (Å²) >= 11 is 0. The minimum absolute atomic E-state index is 0.0386. The van der Waals surface area contributed by atoms with E-state index >= 15 is 0 Å². The Morgan fingerprint density at radius 3 is 2.59 bits per heavy atom. The fourth-order valence-corrected chi connectivity index (χ4v) is 2.32. The third kappa shape index (κ3) is 3.70. The second-order valence-electron chi connectivity index (χ2n) is 5.19. The lowest BCUT2D eigenvalue weighted by Gasteiger charge is -2.25. The Labute approximate surface area is 102 Å². The lowest BCUT2D eigenvalue weighted by atomic mass is 9.96. The SMILES string of the molecule is CCCC(C)(N)C(=O)NC1CCC(C(=O)O)C1. The summed E-state index contributed by atoms with van der Waals surface area (Å²) < 4.78 is 0. The summed E-state index contributed by atoms with van der Waals surface area (Å²) in [6.45, 7) is 3.70. The zero-order valence-electron chi connectivity index (χ0n) is 10.5. The molecule has 0 aromatic heterocycles. The Hall–Kier alpha value is -1.10. The summed E-state index contributed by atoms with van der Waals surface area (Å²) in [5.41, 5.74) is 5.06. The van der Waals surface area contributed by atoms with Crippen LogP contribution in [-0.4, -0.2) is 28.6 Å². The average molecular weight is 242 g/mol. The lowest BCUT2D eigenvalue weighted by Crippen LogP contribution is -2.53. The van der Waals surface area contributed by atoms with Gasteiger partial charge in [-0.15, -0.1) is 0 Å². The number of carbonyl (C=O) groups is 2. The second kappa shape index (κ2) is 5.49. The Kier molecular flexibility index (Phi) is 4.51. The predicted octanol–water partition coefficient (Wildman–Crippen LogP) is 0.873. The maximum absolute atomic E-state index is 11.9. The van der Waals surface area contributed by atoms with Gasteiger partial charge in [0.1, 0.15) is 0 Å². The number of carbonyl (C=O) groups excluding carboxylic acids is 1. The molecule has 1 fully saturated rings. The monoisotopic (exact) mass is 242 g/mol. The Morgan fingerprint density at radius 2 is 2.12 bits per heavy atom. The first kappa shape index (κ1) is 14.0. The van der Waals surface area contributed by atoms with Crippen LogP contribution < -0.4 is 11.1 Å². The average Bonchev–Trinajstić information content (AvgIpc) is 2.66. The molecule has 0 heterocycles. The van der Waals surface area contributed by atoms with Crippen molar-refractivity contribution >= 4 is 11.9 Å². The minimum Gasteiger partial charge on any atom is -0.481 e. The van der Waals surface area contributed by atoms with Gasteiger partial charge in [-0.3, -0.25) is 9.59 Å². The fraction of sp³-hybridized carbons (Fsp3) is 0.833. The highest BCUT2D eigenvalue weighted by Gasteiger charge is 2.34. The first-order valence-electron chi connectivity index (χ1n) is 6.19. The molecule has 0 aromatic carbocycles. The van der Waals surface area contributed by atoms with Crippen LogP contribution >= 0.6 is 0 Å². The van der Waals surface area contributed by atoms with Gasteiger partial charge in [0.05, 0.1) is 11.5 Å². The van der Waals surface area contributed by atoms with Gasteiger partial charge in [-0.2, -0.15) is 0 Å². The molecule has 17 heavy (non-hydrogen) atoms. The van der Waals surface area contributed by atoms with E-state index in [-0.39, 0.29) is 17.9 Å². The number of hydrogen-bond donors (Lipinski definition) is 3. The van der Waals surface area contributed by atoms with Gasteiger partial charge in [0.25, 0.3) is 0 Å². The predicted molar refractivity (Wildman–Crippen MR) is 64.4 cm³/mol. The van der Waals surface area contributed by atoms with E-state index in [0.29, 0.717) is 19.3 Å². The van der Waals surface area contributed by atoms with Crippen molar-refractivity contribution < 1.29 is 14.7 Å². The van der Waals surface area contributed by atoms with Crippen molar-refractivity contribution in [3.05, 3.63) is 0 Å². The van der Waals surface area contributed by atoms with Crippen molar-refractivity contribution in [3.8, 4) is 0 Å². The molecule has 5 heteroatoms. The normalized spacial score (nSPS) is 27.5. The Morgan fingerprint density at radius 1 is 1.47 bits per heavy atom. The van der Waals surface area contributed by atoms with E-state index in [1.807, 2.05) is 6.92 Å². The van der Waals surface area contributed by atoms with Crippen LogP contribution in [0.25, 0.3) is 0 Å². The third-order valence-corrected chi connectivity index (χ3v) is 3.41. The van der Waals surface area contributed by atoms with E-state index in [1.165, 1.54) is 0 Å². The lowest BCUT2D eigenvalue weighted by molar-refractivity contribution is -0.141. The summed E-state index contributed by atoms with van der Waals surface area (Å²) in [7, 11) is 0. The molecule has 0 bridgehead atoms. The second-order valence-corrected chi connectivity index (χ2v) is 5.19. The molecular formula is C12H22N2O3. The van der Waals surface area contributed by atoms with Gasteiger partial charge >= 0.3 is 5.97 Å². The maximum atomic E-state index is 11.9. The van der Waals surface area contributed by atoms with E-state index < -0.39 is 11.5 Å². The van der Waals surface area contributed by atoms with Crippen molar-refractivity contribution in [2.24, 2.45) is 11.7 Å². The Bertz CT molecular complexity index is 302. The van der Waals surface area contributed by atoms with E-state index in [4.69, 9.17) is 10.8 Å². The molecule has 0 aromatic rings. The molecular weight excluding hydrogens is 220 g/mol. The van der Waals surface area contributed by atoms with Crippen LogP contribution in [0.4, 0.5) is 0 Å². The zero-order valence-corrected chi connectivity index (χ0v) is 10.5. The van der Waals surface area contributed by atoms with Gasteiger partial charge in [-0.25, -0.2) is 0 Å². The molecule has 1 saturated carbocycles. The van der Waals surface area contributed by atoms with E-state index in [2.05, 4.69) is 5.32 Å². The summed E-state index contributed by atoms with van der Waals surface area (Å²) in [5, 5.41) is 11.7. The van der Waals surface area contributed by atoms with Gasteiger partial charge in [-0.1, -0.05) is 13.3 Å². The molecule has 0 spiro atoms. The number of rotatable bonds is 5. The van der Waals surface area contributed by atoms with Crippen LogP contribution in [-0.2, 0) is 9.59 Å². The fourth-order valence-electron chi connectivity index (χ4n) is 2.32. The molecule has 1 rings (SSSR count). The molecule has 3 unspecified atom stereocenters. The zero-order chi connectivity index (χ0) is 13.1. The topological polar surface area (TPSA) is 92.4 Å². The first-order chi connectivity index (χ1) is 7.86. The number of hydrogen-bond acceptors (Lipinski definition) is 3. The molecule has 5 nitrogen and oxygen atoms in total. The number of nitrogens with one attached hydrogen (secondary N) is 1. The summed E-state index contributed by atoms with van der Waals surface area (Å²) in [4.78, 5) is 22.7. The maximum Gasteiger partial charge on any atom is 0.306 e. The Balaban J connectivity index is 2.45. The van der Waals surface area contributed by atoms with Gasteiger partial charge < -0.3 is 16.2 Å². The molecule has 0 radical (unpaired) electrons. The largest absolute Gasteiger partial charge is 0.481 e. The number of carboxylic acid groups (broad SMARTS) is 1. The highest BCUT2D eigenvalue weighted by molar-refractivity contribution is 5.85. The van der Waals surface area contributed by atoms with E-state index in [9.17, 15) is 9.59 Å². The summed E-state index contributed by atoms with van der Waals surface area (Å²) in [6, 6.07) is -0.0386. The van der Waals surface area contributed by atoms with Crippen molar-refractivity contribution in [1.29, 1.82) is 0 Å². The van der Waals surface area contributed by atoms with Gasteiger partial charge in [0.15, 0.2) is 0 Å². The smallest absolute Gasteiger partial charge is 0.306 e. The molecule has 0 saturated heterocycles. The number of carboxylic acids is 1. The minimum atomic E-state index is -0.851. The molecule has 4 N–H and O–H groups in total. The van der Waals surface area contributed by atoms with Crippen molar-refractivity contribution in [2.75, 3.05) is 0 Å². The quantitative estimate of drug-likeness (QED) is 0.667. The molecule has 1 aliphatic carbocycles. The summed E-state index contributed by atoms with van der Waals surface area (Å²) in [6.07, 6.45) is 3.36. The van der Waals surface area contributed by atoms with E-state index in [0.717, 1.165) is 12.8 Å².